The van der Waals surface area contributed by atoms with E-state index < -0.39 is 11.8 Å². The van der Waals surface area contributed by atoms with Crippen molar-refractivity contribution in [2.24, 2.45) is 11.7 Å². The molecule has 4 nitrogen and oxygen atoms in total. The van der Waals surface area contributed by atoms with Gasteiger partial charge in [-0.25, -0.2) is 9.97 Å². The fourth-order valence-corrected chi connectivity index (χ4v) is 2.87. The molecular weight excluding hydrogens is 310 g/mol. The van der Waals surface area contributed by atoms with Crippen molar-refractivity contribution >= 4 is 5.91 Å². The Kier molecular flexibility index (Phi) is 4.89. The lowest BCUT2D eigenvalue weighted by molar-refractivity contribution is -0.120. The van der Waals surface area contributed by atoms with E-state index in [4.69, 9.17) is 5.73 Å². The molecule has 126 valence electrons. The number of nitrogens with two attached hydrogens (primary N) is 1. The van der Waals surface area contributed by atoms with Crippen LogP contribution in [0.3, 0.4) is 0 Å². The van der Waals surface area contributed by atoms with Crippen LogP contribution in [0, 0.1) is 5.92 Å². The van der Waals surface area contributed by atoms with E-state index in [1.807, 2.05) is 80.6 Å². The van der Waals surface area contributed by atoms with E-state index in [0.717, 1.165) is 22.5 Å². The Morgan fingerprint density at radius 1 is 0.840 bits per heavy atom. The summed E-state index contributed by atoms with van der Waals surface area (Å²) in [5, 5.41) is 0. The van der Waals surface area contributed by atoms with Crippen molar-refractivity contribution in [2.75, 3.05) is 0 Å². The van der Waals surface area contributed by atoms with Crippen LogP contribution in [0.15, 0.2) is 66.7 Å². The first-order valence-corrected chi connectivity index (χ1v) is 8.35. The van der Waals surface area contributed by atoms with Crippen molar-refractivity contribution in [2.45, 2.75) is 19.8 Å². The minimum absolute atomic E-state index is 0.0205. The zero-order valence-electron chi connectivity index (χ0n) is 14.4. The quantitative estimate of drug-likeness (QED) is 0.767. The molecular formula is C21H21N3O. The molecule has 2 N–H and O–H groups in total. The molecule has 1 aromatic heterocycles. The Hall–Kier alpha value is -3.01. The van der Waals surface area contributed by atoms with Crippen LogP contribution in [0.5, 0.6) is 0 Å². The predicted molar refractivity (Wildman–Crippen MR) is 99.7 cm³/mol. The van der Waals surface area contributed by atoms with Crippen LogP contribution in [0.25, 0.3) is 22.5 Å². The van der Waals surface area contributed by atoms with Crippen LogP contribution in [0.1, 0.15) is 25.6 Å². The fourth-order valence-electron chi connectivity index (χ4n) is 2.87. The highest BCUT2D eigenvalue weighted by molar-refractivity contribution is 5.81. The number of carbonyl (C=O) groups is 1. The summed E-state index contributed by atoms with van der Waals surface area (Å²) in [4.78, 5) is 21.3. The number of rotatable bonds is 5. The number of primary amides is 1. The second kappa shape index (κ2) is 7.26. The second-order valence-corrected chi connectivity index (χ2v) is 6.35. The zero-order chi connectivity index (χ0) is 17.8. The van der Waals surface area contributed by atoms with E-state index in [-0.39, 0.29) is 5.92 Å². The molecule has 0 spiro atoms. The summed E-state index contributed by atoms with van der Waals surface area (Å²) < 4.78 is 0. The summed E-state index contributed by atoms with van der Waals surface area (Å²) in [5.41, 5.74) is 9.17. The van der Waals surface area contributed by atoms with Crippen molar-refractivity contribution < 1.29 is 4.79 Å². The van der Waals surface area contributed by atoms with Crippen molar-refractivity contribution in [3.05, 3.63) is 72.6 Å². The third-order valence-electron chi connectivity index (χ3n) is 4.13. The van der Waals surface area contributed by atoms with Crippen LogP contribution >= 0.6 is 0 Å². The smallest absolute Gasteiger partial charge is 0.228 e. The Morgan fingerprint density at radius 2 is 1.28 bits per heavy atom. The molecule has 0 saturated carbocycles. The summed E-state index contributed by atoms with van der Waals surface area (Å²) in [6.07, 6.45) is 0. The van der Waals surface area contributed by atoms with Crippen LogP contribution in [0.4, 0.5) is 0 Å². The first kappa shape index (κ1) is 16.8. The highest BCUT2D eigenvalue weighted by Crippen LogP contribution is 2.28. The Labute approximate surface area is 147 Å². The molecule has 0 fully saturated rings. The molecule has 0 aliphatic rings. The van der Waals surface area contributed by atoms with E-state index >= 15 is 0 Å². The Bertz CT molecular complexity index is 803. The first-order valence-electron chi connectivity index (χ1n) is 8.35. The summed E-state index contributed by atoms with van der Waals surface area (Å²) in [5.74, 6) is -0.430. The minimum Gasteiger partial charge on any atom is -0.369 e. The molecule has 3 aromatic rings. The van der Waals surface area contributed by atoms with Gasteiger partial charge >= 0.3 is 0 Å². The molecule has 1 atom stereocenters. The van der Waals surface area contributed by atoms with Gasteiger partial charge in [0, 0.05) is 11.1 Å². The summed E-state index contributed by atoms with van der Waals surface area (Å²) in [6.45, 7) is 3.91. The Balaban J connectivity index is 2.20. The van der Waals surface area contributed by atoms with Gasteiger partial charge in [0.05, 0.1) is 17.3 Å². The van der Waals surface area contributed by atoms with Gasteiger partial charge in [-0.3, -0.25) is 4.79 Å². The number of hydrogen-bond acceptors (Lipinski definition) is 3. The third kappa shape index (κ3) is 3.74. The molecule has 4 heteroatoms. The van der Waals surface area contributed by atoms with Gasteiger partial charge in [0.15, 0.2) is 0 Å². The number of nitrogens with zero attached hydrogens (tertiary/aromatic N) is 2. The third-order valence-corrected chi connectivity index (χ3v) is 4.13. The van der Waals surface area contributed by atoms with Gasteiger partial charge in [-0.2, -0.15) is 0 Å². The van der Waals surface area contributed by atoms with E-state index in [1.54, 1.807) is 0 Å². The number of carbonyl (C=O) groups excluding carboxylic acids is 1. The van der Waals surface area contributed by atoms with Gasteiger partial charge < -0.3 is 5.73 Å². The van der Waals surface area contributed by atoms with Gasteiger partial charge in [-0.05, 0) is 12.0 Å². The maximum atomic E-state index is 12.0. The largest absolute Gasteiger partial charge is 0.369 e. The second-order valence-electron chi connectivity index (χ2n) is 6.35. The molecule has 0 bridgehead atoms. The number of amides is 1. The molecule has 1 unspecified atom stereocenters. The van der Waals surface area contributed by atoms with E-state index in [2.05, 4.69) is 9.97 Å². The summed E-state index contributed by atoms with van der Waals surface area (Å²) in [7, 11) is 0. The molecule has 25 heavy (non-hydrogen) atoms. The first-order chi connectivity index (χ1) is 12.1. The van der Waals surface area contributed by atoms with Crippen LogP contribution in [0.2, 0.25) is 0 Å². The van der Waals surface area contributed by atoms with Crippen LogP contribution in [-0.2, 0) is 4.79 Å². The SMILES string of the molecule is CC(C)C(C(N)=O)c1nc(-c2ccccc2)cc(-c2ccccc2)n1. The molecule has 0 saturated heterocycles. The highest BCUT2D eigenvalue weighted by Gasteiger charge is 2.26. The van der Waals surface area contributed by atoms with Gasteiger partial charge in [-0.1, -0.05) is 74.5 Å². The predicted octanol–water partition coefficient (Wildman–Crippen LogP) is 4.04. The molecule has 3 rings (SSSR count). The van der Waals surface area contributed by atoms with Crippen LogP contribution < -0.4 is 5.73 Å². The van der Waals surface area contributed by atoms with E-state index in [9.17, 15) is 4.79 Å². The van der Waals surface area contributed by atoms with Gasteiger partial charge in [0.1, 0.15) is 5.82 Å². The average molecular weight is 331 g/mol. The summed E-state index contributed by atoms with van der Waals surface area (Å²) >= 11 is 0. The van der Waals surface area contributed by atoms with Crippen LogP contribution in [-0.4, -0.2) is 15.9 Å². The normalized spacial score (nSPS) is 12.1. The zero-order valence-corrected chi connectivity index (χ0v) is 14.4. The van der Waals surface area contributed by atoms with Gasteiger partial charge in [-0.15, -0.1) is 0 Å². The van der Waals surface area contributed by atoms with Crippen molar-refractivity contribution in [1.29, 1.82) is 0 Å². The molecule has 2 aromatic carbocycles. The highest BCUT2D eigenvalue weighted by atomic mass is 16.1. The van der Waals surface area contributed by atoms with E-state index in [1.165, 1.54) is 0 Å². The van der Waals surface area contributed by atoms with Gasteiger partial charge in [0.25, 0.3) is 0 Å². The average Bonchev–Trinajstić information content (AvgIpc) is 2.62. The lowest BCUT2D eigenvalue weighted by Gasteiger charge is -2.18. The standard InChI is InChI=1S/C21H21N3O/c1-14(2)19(20(22)25)21-23-17(15-9-5-3-6-10-15)13-18(24-21)16-11-7-4-8-12-16/h3-14,19H,1-2H3,(H2,22,25). The number of benzene rings is 2. The topological polar surface area (TPSA) is 68.9 Å². The van der Waals surface area contributed by atoms with Crippen molar-refractivity contribution in [1.82, 2.24) is 9.97 Å². The van der Waals surface area contributed by atoms with Crippen molar-refractivity contribution in [3.8, 4) is 22.5 Å². The lowest BCUT2D eigenvalue weighted by atomic mass is 9.93. The fraction of sp³-hybridized carbons (Fsp3) is 0.190. The summed E-state index contributed by atoms with van der Waals surface area (Å²) in [6, 6.07) is 21.7. The molecule has 0 radical (unpaired) electrons. The maximum Gasteiger partial charge on any atom is 0.228 e. The molecule has 0 aliphatic heterocycles. The molecule has 1 amide bonds. The lowest BCUT2D eigenvalue weighted by Crippen LogP contribution is -2.27. The Morgan fingerprint density at radius 3 is 1.64 bits per heavy atom. The maximum absolute atomic E-state index is 12.0. The van der Waals surface area contributed by atoms with Crippen molar-refractivity contribution in [3.63, 3.8) is 0 Å². The molecule has 0 aliphatic carbocycles. The number of hydrogen-bond donors (Lipinski definition) is 1. The van der Waals surface area contributed by atoms with E-state index in [0.29, 0.717) is 5.82 Å². The monoisotopic (exact) mass is 331 g/mol. The number of aromatic nitrogens is 2. The minimum atomic E-state index is -0.522. The molecule has 1 heterocycles. The van der Waals surface area contributed by atoms with Gasteiger partial charge in [0.2, 0.25) is 5.91 Å².